The van der Waals surface area contributed by atoms with Crippen molar-refractivity contribution in [3.05, 3.63) is 99.4 Å². The van der Waals surface area contributed by atoms with Crippen LogP contribution in [0.25, 0.3) is 0 Å². The van der Waals surface area contributed by atoms with Gasteiger partial charge in [0.1, 0.15) is 5.69 Å². The molecular formula is C20H19N3O2. The number of hydrogen-bond acceptors (Lipinski definition) is 4. The minimum absolute atomic E-state index is 0.0635. The molecule has 25 heavy (non-hydrogen) atoms. The topological polar surface area (TPSA) is 68.1 Å². The van der Waals surface area contributed by atoms with Gasteiger partial charge in [0, 0.05) is 12.3 Å². The Labute approximate surface area is 146 Å². The standard InChI is InChI=1S/C20H19N3O2/c1-14-6-5-7-16(12-14)20(18-8-3-4-11-21-18)22-17-10-9-15(2)13-19(17)23(24)25/h3-13,20,22H,1-2H3. The lowest BCUT2D eigenvalue weighted by Gasteiger charge is -2.20. The number of benzene rings is 2. The monoisotopic (exact) mass is 333 g/mol. The first-order valence-corrected chi connectivity index (χ1v) is 8.03. The van der Waals surface area contributed by atoms with Crippen molar-refractivity contribution in [1.82, 2.24) is 4.98 Å². The van der Waals surface area contributed by atoms with Gasteiger partial charge in [-0.25, -0.2) is 0 Å². The first kappa shape index (κ1) is 16.6. The van der Waals surface area contributed by atoms with Gasteiger partial charge in [0.2, 0.25) is 0 Å². The van der Waals surface area contributed by atoms with Gasteiger partial charge in [0.15, 0.2) is 0 Å². The smallest absolute Gasteiger partial charge is 0.292 e. The van der Waals surface area contributed by atoms with Crippen molar-refractivity contribution >= 4 is 11.4 Å². The lowest BCUT2D eigenvalue weighted by Crippen LogP contribution is -2.15. The van der Waals surface area contributed by atoms with E-state index in [0.717, 1.165) is 22.4 Å². The maximum atomic E-state index is 11.4. The lowest BCUT2D eigenvalue weighted by atomic mass is 10.0. The fourth-order valence-corrected chi connectivity index (χ4v) is 2.79. The second-order valence-corrected chi connectivity index (χ2v) is 6.02. The summed E-state index contributed by atoms with van der Waals surface area (Å²) in [5, 5.41) is 14.7. The SMILES string of the molecule is Cc1cccc(C(Nc2ccc(C)cc2[N+](=O)[O-])c2ccccn2)c1. The highest BCUT2D eigenvalue weighted by molar-refractivity contribution is 5.64. The fourth-order valence-electron chi connectivity index (χ4n) is 2.79. The van der Waals surface area contributed by atoms with Crippen LogP contribution in [-0.2, 0) is 0 Å². The van der Waals surface area contributed by atoms with Gasteiger partial charge in [0.25, 0.3) is 5.69 Å². The van der Waals surface area contributed by atoms with Crippen LogP contribution in [0.15, 0.2) is 66.9 Å². The minimum Gasteiger partial charge on any atom is -0.367 e. The number of aryl methyl sites for hydroxylation is 2. The van der Waals surface area contributed by atoms with Crippen LogP contribution in [0.4, 0.5) is 11.4 Å². The van der Waals surface area contributed by atoms with E-state index < -0.39 is 0 Å². The average molecular weight is 333 g/mol. The van der Waals surface area contributed by atoms with Crippen LogP contribution >= 0.6 is 0 Å². The molecule has 0 bridgehead atoms. The predicted molar refractivity (Wildman–Crippen MR) is 98.7 cm³/mol. The summed E-state index contributed by atoms with van der Waals surface area (Å²) in [6.07, 6.45) is 1.73. The summed E-state index contributed by atoms with van der Waals surface area (Å²) < 4.78 is 0. The molecule has 0 aliphatic rings. The first-order chi connectivity index (χ1) is 12.0. The lowest BCUT2D eigenvalue weighted by molar-refractivity contribution is -0.384. The zero-order valence-corrected chi connectivity index (χ0v) is 14.1. The van der Waals surface area contributed by atoms with E-state index in [1.807, 2.05) is 56.3 Å². The summed E-state index contributed by atoms with van der Waals surface area (Å²) in [6, 6.07) is 18.7. The normalized spacial score (nSPS) is 11.8. The summed E-state index contributed by atoms with van der Waals surface area (Å²) in [4.78, 5) is 15.5. The zero-order chi connectivity index (χ0) is 17.8. The summed E-state index contributed by atoms with van der Waals surface area (Å²) in [5.74, 6) is 0. The zero-order valence-electron chi connectivity index (χ0n) is 14.1. The molecule has 0 saturated heterocycles. The number of nitro benzene ring substituents is 1. The second kappa shape index (κ2) is 7.13. The third-order valence-electron chi connectivity index (χ3n) is 4.01. The quantitative estimate of drug-likeness (QED) is 0.537. The van der Waals surface area contributed by atoms with Crippen molar-refractivity contribution < 1.29 is 4.92 Å². The van der Waals surface area contributed by atoms with Gasteiger partial charge < -0.3 is 5.32 Å². The molecule has 1 N–H and O–H groups in total. The number of nitrogens with zero attached hydrogens (tertiary/aromatic N) is 2. The van der Waals surface area contributed by atoms with Crippen LogP contribution in [0.1, 0.15) is 28.4 Å². The Morgan fingerprint density at radius 2 is 1.80 bits per heavy atom. The Bertz CT molecular complexity index is 894. The molecule has 2 aromatic carbocycles. The maximum Gasteiger partial charge on any atom is 0.292 e. The third kappa shape index (κ3) is 3.83. The number of hydrogen-bond donors (Lipinski definition) is 1. The Hall–Kier alpha value is -3.21. The molecule has 5 nitrogen and oxygen atoms in total. The summed E-state index contributed by atoms with van der Waals surface area (Å²) in [5.41, 5.74) is 4.33. The highest BCUT2D eigenvalue weighted by atomic mass is 16.6. The second-order valence-electron chi connectivity index (χ2n) is 6.02. The molecule has 0 fully saturated rings. The summed E-state index contributed by atoms with van der Waals surface area (Å²) in [6.45, 7) is 3.86. The number of anilines is 1. The molecule has 0 aliphatic heterocycles. The van der Waals surface area contributed by atoms with Crippen molar-refractivity contribution in [1.29, 1.82) is 0 Å². The molecule has 0 spiro atoms. The molecular weight excluding hydrogens is 314 g/mol. The number of nitrogens with one attached hydrogen (secondary N) is 1. The van der Waals surface area contributed by atoms with E-state index in [1.54, 1.807) is 18.3 Å². The van der Waals surface area contributed by atoms with E-state index in [1.165, 1.54) is 0 Å². The van der Waals surface area contributed by atoms with E-state index in [2.05, 4.69) is 16.4 Å². The molecule has 1 heterocycles. The van der Waals surface area contributed by atoms with Gasteiger partial charge >= 0.3 is 0 Å². The van der Waals surface area contributed by atoms with Gasteiger partial charge in [-0.1, -0.05) is 42.0 Å². The van der Waals surface area contributed by atoms with Crippen molar-refractivity contribution in [3.8, 4) is 0 Å². The Morgan fingerprint density at radius 3 is 2.48 bits per heavy atom. The highest BCUT2D eigenvalue weighted by Gasteiger charge is 2.21. The van der Waals surface area contributed by atoms with Crippen LogP contribution < -0.4 is 5.32 Å². The van der Waals surface area contributed by atoms with Gasteiger partial charge in [-0.05, 0) is 43.2 Å². The molecule has 0 aliphatic carbocycles. The Morgan fingerprint density at radius 1 is 1.00 bits per heavy atom. The fraction of sp³-hybridized carbons (Fsp3) is 0.150. The molecule has 0 saturated carbocycles. The van der Waals surface area contributed by atoms with Crippen LogP contribution in [0.2, 0.25) is 0 Å². The minimum atomic E-state index is -0.360. The molecule has 1 atom stereocenters. The first-order valence-electron chi connectivity index (χ1n) is 8.03. The number of pyridine rings is 1. The van der Waals surface area contributed by atoms with Crippen molar-refractivity contribution in [2.24, 2.45) is 0 Å². The highest BCUT2D eigenvalue weighted by Crippen LogP contribution is 2.32. The van der Waals surface area contributed by atoms with Gasteiger partial charge in [-0.3, -0.25) is 15.1 Å². The molecule has 1 aromatic heterocycles. The summed E-state index contributed by atoms with van der Waals surface area (Å²) >= 11 is 0. The molecule has 1 unspecified atom stereocenters. The average Bonchev–Trinajstić information content (AvgIpc) is 2.61. The van der Waals surface area contributed by atoms with Crippen molar-refractivity contribution in [3.63, 3.8) is 0 Å². The van der Waals surface area contributed by atoms with Crippen molar-refractivity contribution in [2.75, 3.05) is 5.32 Å². The van der Waals surface area contributed by atoms with Crippen LogP contribution in [0, 0.1) is 24.0 Å². The predicted octanol–water partition coefficient (Wildman–Crippen LogP) is 4.81. The van der Waals surface area contributed by atoms with Gasteiger partial charge in [0.05, 0.1) is 16.7 Å². The molecule has 3 aromatic rings. The van der Waals surface area contributed by atoms with Crippen LogP contribution in [0.5, 0.6) is 0 Å². The third-order valence-corrected chi connectivity index (χ3v) is 4.01. The molecule has 3 rings (SSSR count). The van der Waals surface area contributed by atoms with Crippen LogP contribution in [0.3, 0.4) is 0 Å². The van der Waals surface area contributed by atoms with E-state index in [0.29, 0.717) is 5.69 Å². The van der Waals surface area contributed by atoms with Crippen molar-refractivity contribution in [2.45, 2.75) is 19.9 Å². The van der Waals surface area contributed by atoms with Gasteiger partial charge in [-0.2, -0.15) is 0 Å². The number of aromatic nitrogens is 1. The molecule has 5 heteroatoms. The van der Waals surface area contributed by atoms with Crippen LogP contribution in [-0.4, -0.2) is 9.91 Å². The van der Waals surface area contributed by atoms with E-state index in [9.17, 15) is 10.1 Å². The molecule has 0 amide bonds. The maximum absolute atomic E-state index is 11.4. The van der Waals surface area contributed by atoms with E-state index in [4.69, 9.17) is 0 Å². The van der Waals surface area contributed by atoms with Gasteiger partial charge in [-0.15, -0.1) is 0 Å². The largest absolute Gasteiger partial charge is 0.367 e. The number of nitro groups is 1. The van der Waals surface area contributed by atoms with E-state index >= 15 is 0 Å². The summed E-state index contributed by atoms with van der Waals surface area (Å²) in [7, 11) is 0. The van der Waals surface area contributed by atoms with E-state index in [-0.39, 0.29) is 16.7 Å². The Balaban J connectivity index is 2.06. The number of rotatable bonds is 5. The Kier molecular flexibility index (Phi) is 4.75. The molecule has 126 valence electrons. The molecule has 0 radical (unpaired) electrons.